The van der Waals surface area contributed by atoms with Crippen LogP contribution < -0.4 is 20.6 Å². The summed E-state index contributed by atoms with van der Waals surface area (Å²) < 4.78 is 11.9. The molecule has 0 fully saturated rings. The van der Waals surface area contributed by atoms with Crippen LogP contribution in [0.1, 0.15) is 5.56 Å². The Kier molecular flexibility index (Phi) is 6.77. The molecule has 0 aliphatic rings. The number of nitrogens with one attached hydrogen (secondary N) is 1. The highest BCUT2D eigenvalue weighted by Crippen LogP contribution is 2.27. The summed E-state index contributed by atoms with van der Waals surface area (Å²) in [6, 6.07) is 9.56. The zero-order chi connectivity index (χ0) is 19.9. The first-order valence-electron chi connectivity index (χ1n) is 8.47. The van der Waals surface area contributed by atoms with Gasteiger partial charge in [0.05, 0.1) is 24.8 Å². The van der Waals surface area contributed by atoms with E-state index in [1.807, 2.05) is 35.7 Å². The van der Waals surface area contributed by atoms with Gasteiger partial charge in [0.2, 0.25) is 11.1 Å². The van der Waals surface area contributed by atoms with E-state index in [1.165, 1.54) is 27.8 Å². The molecule has 0 aliphatic carbocycles. The van der Waals surface area contributed by atoms with Crippen molar-refractivity contribution in [2.24, 2.45) is 0 Å². The zero-order valence-electron chi connectivity index (χ0n) is 15.5. The number of carbonyl (C=O) groups is 1. The molecule has 0 radical (unpaired) electrons. The van der Waals surface area contributed by atoms with Gasteiger partial charge in [0.1, 0.15) is 0 Å². The fourth-order valence-corrected chi connectivity index (χ4v) is 3.90. The number of thiophene rings is 1. The lowest BCUT2D eigenvalue weighted by atomic mass is 10.1. The summed E-state index contributed by atoms with van der Waals surface area (Å²) in [5.74, 6) is 8.10. The molecular weight excluding hydrogens is 398 g/mol. The number of nitrogen functional groups attached to an aromatic ring is 1. The van der Waals surface area contributed by atoms with E-state index in [2.05, 4.69) is 15.5 Å². The predicted molar refractivity (Wildman–Crippen MR) is 110 cm³/mol. The van der Waals surface area contributed by atoms with Crippen molar-refractivity contribution >= 4 is 29.0 Å². The van der Waals surface area contributed by atoms with E-state index in [1.54, 1.807) is 14.2 Å². The zero-order valence-corrected chi connectivity index (χ0v) is 17.2. The van der Waals surface area contributed by atoms with Crippen LogP contribution in [0.3, 0.4) is 0 Å². The highest BCUT2D eigenvalue weighted by Gasteiger charge is 2.14. The van der Waals surface area contributed by atoms with Crippen LogP contribution in [0.25, 0.3) is 10.7 Å². The first kappa shape index (κ1) is 20.0. The number of nitrogens with zero attached hydrogens (tertiary/aromatic N) is 3. The Bertz CT molecular complexity index is 927. The number of nitrogens with two attached hydrogens (primary N) is 1. The molecule has 0 saturated heterocycles. The summed E-state index contributed by atoms with van der Waals surface area (Å²) in [6.07, 6.45) is 0.687. The smallest absolute Gasteiger partial charge is 0.230 e. The first-order valence-corrected chi connectivity index (χ1v) is 10.3. The number of carbonyl (C=O) groups excluding carboxylic acids is 1. The molecule has 2 heterocycles. The maximum atomic E-state index is 12.1. The van der Waals surface area contributed by atoms with Gasteiger partial charge in [-0.15, -0.1) is 21.5 Å². The molecule has 28 heavy (non-hydrogen) atoms. The molecule has 0 unspecified atom stereocenters. The van der Waals surface area contributed by atoms with Crippen LogP contribution in [-0.2, 0) is 11.2 Å². The Morgan fingerprint density at radius 3 is 2.79 bits per heavy atom. The van der Waals surface area contributed by atoms with E-state index in [9.17, 15) is 4.79 Å². The lowest BCUT2D eigenvalue weighted by molar-refractivity contribution is -0.118. The number of amides is 1. The number of benzene rings is 1. The SMILES string of the molecule is COc1ccc(CCNC(=O)CSc2nnc(-c3cccs3)n2N)cc1OC. The third-order valence-corrected chi connectivity index (χ3v) is 5.73. The maximum Gasteiger partial charge on any atom is 0.230 e. The lowest BCUT2D eigenvalue weighted by Crippen LogP contribution is -2.27. The minimum Gasteiger partial charge on any atom is -0.493 e. The third-order valence-electron chi connectivity index (χ3n) is 3.92. The minimum absolute atomic E-state index is 0.0915. The number of aromatic nitrogens is 3. The molecule has 10 heteroatoms. The monoisotopic (exact) mass is 419 g/mol. The van der Waals surface area contributed by atoms with Gasteiger partial charge in [0, 0.05) is 6.54 Å². The van der Waals surface area contributed by atoms with E-state index >= 15 is 0 Å². The predicted octanol–water partition coefficient (Wildman–Crippen LogP) is 2.19. The topological polar surface area (TPSA) is 104 Å². The van der Waals surface area contributed by atoms with Gasteiger partial charge in [0.15, 0.2) is 17.3 Å². The van der Waals surface area contributed by atoms with Gasteiger partial charge in [-0.2, -0.15) is 0 Å². The lowest BCUT2D eigenvalue weighted by Gasteiger charge is -2.10. The summed E-state index contributed by atoms with van der Waals surface area (Å²) in [5, 5.41) is 13.5. The van der Waals surface area contributed by atoms with Crippen molar-refractivity contribution in [3.8, 4) is 22.2 Å². The van der Waals surface area contributed by atoms with Crippen LogP contribution in [0.15, 0.2) is 40.9 Å². The molecule has 0 saturated carbocycles. The van der Waals surface area contributed by atoms with Gasteiger partial charge >= 0.3 is 0 Å². The maximum absolute atomic E-state index is 12.1. The fraction of sp³-hybridized carbons (Fsp3) is 0.278. The molecule has 3 rings (SSSR count). The normalized spacial score (nSPS) is 10.6. The summed E-state index contributed by atoms with van der Waals surface area (Å²) >= 11 is 2.78. The van der Waals surface area contributed by atoms with E-state index in [4.69, 9.17) is 15.3 Å². The highest BCUT2D eigenvalue weighted by molar-refractivity contribution is 7.99. The van der Waals surface area contributed by atoms with Gasteiger partial charge in [-0.1, -0.05) is 23.9 Å². The van der Waals surface area contributed by atoms with Crippen molar-refractivity contribution in [2.75, 3.05) is 32.4 Å². The largest absolute Gasteiger partial charge is 0.493 e. The third kappa shape index (κ3) is 4.76. The number of hydrogen-bond donors (Lipinski definition) is 2. The molecule has 1 amide bonds. The highest BCUT2D eigenvalue weighted by atomic mass is 32.2. The van der Waals surface area contributed by atoms with E-state index in [0.29, 0.717) is 35.4 Å². The molecule has 8 nitrogen and oxygen atoms in total. The van der Waals surface area contributed by atoms with Crippen LogP contribution >= 0.6 is 23.1 Å². The Balaban J connectivity index is 1.47. The second-order valence-corrected chi connectivity index (χ2v) is 7.62. The molecule has 0 atom stereocenters. The fourth-order valence-electron chi connectivity index (χ4n) is 2.51. The van der Waals surface area contributed by atoms with Crippen LogP contribution in [0.2, 0.25) is 0 Å². The second-order valence-electron chi connectivity index (χ2n) is 5.73. The van der Waals surface area contributed by atoms with E-state index < -0.39 is 0 Å². The molecule has 1 aromatic carbocycles. The molecule has 3 aromatic rings. The van der Waals surface area contributed by atoms with Crippen LogP contribution in [-0.4, -0.2) is 47.3 Å². The Morgan fingerprint density at radius 1 is 1.25 bits per heavy atom. The average Bonchev–Trinajstić information content (AvgIpc) is 3.36. The van der Waals surface area contributed by atoms with Crippen molar-refractivity contribution in [1.82, 2.24) is 20.2 Å². The summed E-state index contributed by atoms with van der Waals surface area (Å²) in [5.41, 5.74) is 1.05. The van der Waals surface area contributed by atoms with Crippen molar-refractivity contribution in [3.05, 3.63) is 41.3 Å². The molecule has 3 N–H and O–H groups in total. The quantitative estimate of drug-likeness (QED) is 0.405. The number of hydrogen-bond acceptors (Lipinski definition) is 8. The number of thioether (sulfide) groups is 1. The summed E-state index contributed by atoms with van der Waals surface area (Å²) in [4.78, 5) is 13.0. The van der Waals surface area contributed by atoms with Crippen molar-refractivity contribution in [3.63, 3.8) is 0 Å². The van der Waals surface area contributed by atoms with E-state index in [-0.39, 0.29) is 11.7 Å². The molecule has 0 spiro atoms. The standard InChI is InChI=1S/C18H21N5O3S2/c1-25-13-6-5-12(10-14(13)26-2)7-8-20-16(24)11-28-18-22-21-17(23(18)19)15-4-3-9-27-15/h3-6,9-10H,7-8,11,19H2,1-2H3,(H,20,24). The molecule has 148 valence electrons. The average molecular weight is 420 g/mol. The second kappa shape index (κ2) is 9.47. The molecule has 2 aromatic heterocycles. The first-order chi connectivity index (χ1) is 13.6. The molecule has 0 bridgehead atoms. The summed E-state index contributed by atoms with van der Waals surface area (Å²) in [6.45, 7) is 0.518. The van der Waals surface area contributed by atoms with Crippen molar-refractivity contribution in [1.29, 1.82) is 0 Å². The van der Waals surface area contributed by atoms with Gasteiger partial charge in [0.25, 0.3) is 0 Å². The summed E-state index contributed by atoms with van der Waals surface area (Å²) in [7, 11) is 3.20. The van der Waals surface area contributed by atoms with Gasteiger partial charge in [-0.3, -0.25) is 4.79 Å². The van der Waals surface area contributed by atoms with Gasteiger partial charge < -0.3 is 20.6 Å². The Hall–Kier alpha value is -2.72. The Labute approximate surface area is 171 Å². The Morgan fingerprint density at radius 2 is 2.07 bits per heavy atom. The molecular formula is C18H21N5O3S2. The van der Waals surface area contributed by atoms with Crippen molar-refractivity contribution < 1.29 is 14.3 Å². The van der Waals surface area contributed by atoms with Crippen LogP contribution in [0.5, 0.6) is 11.5 Å². The number of rotatable bonds is 9. The van der Waals surface area contributed by atoms with Crippen LogP contribution in [0.4, 0.5) is 0 Å². The number of methoxy groups -OCH3 is 2. The van der Waals surface area contributed by atoms with Gasteiger partial charge in [-0.05, 0) is 35.6 Å². The number of ether oxygens (including phenoxy) is 2. The molecule has 0 aliphatic heterocycles. The van der Waals surface area contributed by atoms with Gasteiger partial charge in [-0.25, -0.2) is 4.68 Å². The van der Waals surface area contributed by atoms with Crippen molar-refractivity contribution in [2.45, 2.75) is 11.6 Å². The van der Waals surface area contributed by atoms with E-state index in [0.717, 1.165) is 10.4 Å². The van der Waals surface area contributed by atoms with Crippen LogP contribution in [0, 0.1) is 0 Å². The minimum atomic E-state index is -0.0915.